The lowest BCUT2D eigenvalue weighted by Crippen LogP contribution is -2.28. The quantitative estimate of drug-likeness (QED) is 0.919. The number of aromatic nitrogens is 2. The Hall–Kier alpha value is -1.03. The molecule has 0 amide bonds. The van der Waals surface area contributed by atoms with Crippen molar-refractivity contribution in [1.29, 1.82) is 0 Å². The summed E-state index contributed by atoms with van der Waals surface area (Å²) in [4.78, 5) is 2.53. The molecule has 0 aromatic carbocycles. The van der Waals surface area contributed by atoms with Gasteiger partial charge in [-0.2, -0.15) is 5.10 Å². The zero-order chi connectivity index (χ0) is 14.9. The molecule has 1 unspecified atom stereocenters. The molecule has 0 aliphatic carbocycles. The van der Waals surface area contributed by atoms with E-state index in [0.29, 0.717) is 5.41 Å². The van der Waals surface area contributed by atoms with Crippen molar-refractivity contribution < 1.29 is 0 Å². The van der Waals surface area contributed by atoms with Crippen molar-refractivity contribution >= 4 is 5.82 Å². The van der Waals surface area contributed by atoms with Gasteiger partial charge in [-0.25, -0.2) is 0 Å². The fraction of sp³-hybridized carbons (Fsp3) is 0.812. The normalized spacial score (nSPS) is 19.9. The summed E-state index contributed by atoms with van der Waals surface area (Å²) in [5.74, 6) is 2.08. The van der Waals surface area contributed by atoms with E-state index in [9.17, 15) is 0 Å². The Kier molecular flexibility index (Phi) is 4.43. The van der Waals surface area contributed by atoms with E-state index >= 15 is 0 Å². The van der Waals surface area contributed by atoms with Gasteiger partial charge in [0.25, 0.3) is 0 Å². The van der Waals surface area contributed by atoms with Crippen molar-refractivity contribution in [2.75, 3.05) is 24.5 Å². The largest absolute Gasteiger partial charge is 0.356 e. The number of hydrogen-bond acceptors (Lipinski definition) is 3. The highest BCUT2D eigenvalue weighted by atomic mass is 15.4. The number of rotatable bonds is 4. The average Bonchev–Trinajstić information content (AvgIpc) is 2.91. The maximum Gasteiger partial charge on any atom is 0.131 e. The van der Waals surface area contributed by atoms with Crippen molar-refractivity contribution in [2.24, 2.45) is 18.4 Å². The maximum absolute atomic E-state index is 4.63. The fourth-order valence-electron chi connectivity index (χ4n) is 3.20. The van der Waals surface area contributed by atoms with E-state index in [4.69, 9.17) is 0 Å². The van der Waals surface area contributed by atoms with Crippen LogP contribution in [0.1, 0.15) is 45.4 Å². The molecule has 4 heteroatoms. The molecule has 1 atom stereocenters. The maximum atomic E-state index is 4.63. The smallest absolute Gasteiger partial charge is 0.131 e. The molecule has 1 aliphatic heterocycles. The Morgan fingerprint density at radius 3 is 2.60 bits per heavy atom. The number of nitrogens with zero attached hydrogens (tertiary/aromatic N) is 3. The van der Waals surface area contributed by atoms with Crippen LogP contribution in [0.5, 0.6) is 0 Å². The van der Waals surface area contributed by atoms with E-state index in [1.165, 1.54) is 17.8 Å². The SMILES string of the molecule is CCNCc1c(C)nn(C)c1N1CCC(C(C)(C)C)C1. The van der Waals surface area contributed by atoms with E-state index < -0.39 is 0 Å². The van der Waals surface area contributed by atoms with E-state index in [-0.39, 0.29) is 0 Å². The number of hydrogen-bond donors (Lipinski definition) is 1. The molecule has 0 saturated carbocycles. The van der Waals surface area contributed by atoms with Crippen LogP contribution in [0, 0.1) is 18.3 Å². The van der Waals surface area contributed by atoms with Crippen LogP contribution in [-0.4, -0.2) is 29.4 Å². The van der Waals surface area contributed by atoms with Gasteiger partial charge in [-0.1, -0.05) is 27.7 Å². The van der Waals surface area contributed by atoms with Crippen LogP contribution >= 0.6 is 0 Å². The van der Waals surface area contributed by atoms with Gasteiger partial charge in [-0.05, 0) is 31.2 Å². The van der Waals surface area contributed by atoms with Crippen molar-refractivity contribution in [3.05, 3.63) is 11.3 Å². The van der Waals surface area contributed by atoms with E-state index in [1.807, 2.05) is 0 Å². The number of anilines is 1. The number of nitrogens with one attached hydrogen (secondary N) is 1. The average molecular weight is 278 g/mol. The summed E-state index contributed by atoms with van der Waals surface area (Å²) in [6.45, 7) is 15.6. The highest BCUT2D eigenvalue weighted by Crippen LogP contribution is 2.36. The van der Waals surface area contributed by atoms with E-state index in [1.54, 1.807) is 0 Å². The molecule has 20 heavy (non-hydrogen) atoms. The van der Waals surface area contributed by atoms with Crippen LogP contribution < -0.4 is 10.2 Å². The monoisotopic (exact) mass is 278 g/mol. The zero-order valence-electron chi connectivity index (χ0n) is 14.0. The molecule has 4 nitrogen and oxygen atoms in total. The molecule has 1 saturated heterocycles. The first kappa shape index (κ1) is 15.4. The van der Waals surface area contributed by atoms with Crippen LogP contribution in [0.4, 0.5) is 5.82 Å². The summed E-state index contributed by atoms with van der Waals surface area (Å²) >= 11 is 0. The molecule has 0 spiro atoms. The second kappa shape index (κ2) is 5.76. The third-order valence-electron chi connectivity index (χ3n) is 4.58. The lowest BCUT2D eigenvalue weighted by atomic mass is 9.80. The van der Waals surface area contributed by atoms with E-state index in [0.717, 1.165) is 37.8 Å². The minimum absolute atomic E-state index is 0.393. The molecule has 2 rings (SSSR count). The Balaban J connectivity index is 2.21. The van der Waals surface area contributed by atoms with Crippen molar-refractivity contribution in [2.45, 2.75) is 47.6 Å². The van der Waals surface area contributed by atoms with Crippen molar-refractivity contribution in [1.82, 2.24) is 15.1 Å². The number of aryl methyl sites for hydroxylation is 2. The first-order chi connectivity index (χ1) is 9.34. The second-order valence-corrected chi connectivity index (χ2v) is 7.09. The third kappa shape index (κ3) is 3.00. The van der Waals surface area contributed by atoms with E-state index in [2.05, 4.69) is 61.7 Å². The summed E-state index contributed by atoms with van der Waals surface area (Å²) in [5, 5.41) is 8.07. The molecule has 114 valence electrons. The Morgan fingerprint density at radius 1 is 1.35 bits per heavy atom. The Bertz CT molecular complexity index is 456. The van der Waals surface area contributed by atoms with Crippen LogP contribution in [0.2, 0.25) is 0 Å². The summed E-state index contributed by atoms with van der Waals surface area (Å²) in [5.41, 5.74) is 2.91. The summed E-state index contributed by atoms with van der Waals surface area (Å²) in [6, 6.07) is 0. The van der Waals surface area contributed by atoms with Gasteiger partial charge >= 0.3 is 0 Å². The van der Waals surface area contributed by atoms with Crippen LogP contribution in [0.3, 0.4) is 0 Å². The van der Waals surface area contributed by atoms with Gasteiger partial charge in [0.05, 0.1) is 5.69 Å². The predicted octanol–water partition coefficient (Wildman–Crippen LogP) is 2.71. The topological polar surface area (TPSA) is 33.1 Å². The molecule has 0 bridgehead atoms. The fourth-order valence-corrected chi connectivity index (χ4v) is 3.20. The predicted molar refractivity (Wildman–Crippen MR) is 85.1 cm³/mol. The van der Waals surface area contributed by atoms with Gasteiger partial charge in [0.15, 0.2) is 0 Å². The minimum atomic E-state index is 0.393. The third-order valence-corrected chi connectivity index (χ3v) is 4.58. The Labute approximate surface area is 123 Å². The van der Waals surface area contributed by atoms with Gasteiger partial charge in [-0.3, -0.25) is 4.68 Å². The van der Waals surface area contributed by atoms with Gasteiger partial charge in [-0.15, -0.1) is 0 Å². The molecule has 1 fully saturated rings. The van der Waals surface area contributed by atoms with Crippen molar-refractivity contribution in [3.8, 4) is 0 Å². The van der Waals surface area contributed by atoms with Crippen LogP contribution in [0.15, 0.2) is 0 Å². The molecule has 1 aliphatic rings. The van der Waals surface area contributed by atoms with Gasteiger partial charge in [0, 0.05) is 32.2 Å². The first-order valence-electron chi connectivity index (χ1n) is 7.82. The second-order valence-electron chi connectivity index (χ2n) is 7.09. The van der Waals surface area contributed by atoms with Crippen LogP contribution in [-0.2, 0) is 13.6 Å². The summed E-state index contributed by atoms with van der Waals surface area (Å²) in [6.07, 6.45) is 1.29. The van der Waals surface area contributed by atoms with Gasteiger partial charge in [0.2, 0.25) is 0 Å². The molecule has 1 N–H and O–H groups in total. The molecular weight excluding hydrogens is 248 g/mol. The summed E-state index contributed by atoms with van der Waals surface area (Å²) < 4.78 is 2.06. The highest BCUT2D eigenvalue weighted by Gasteiger charge is 2.34. The molecule has 1 aromatic heterocycles. The Morgan fingerprint density at radius 2 is 2.05 bits per heavy atom. The molecule has 0 radical (unpaired) electrons. The summed E-state index contributed by atoms with van der Waals surface area (Å²) in [7, 11) is 2.07. The first-order valence-corrected chi connectivity index (χ1v) is 7.82. The molecule has 2 heterocycles. The minimum Gasteiger partial charge on any atom is -0.356 e. The standard InChI is InChI=1S/C16H30N4/c1-7-17-10-14-12(2)18-19(6)15(14)20-9-8-13(11-20)16(3,4)5/h13,17H,7-11H2,1-6H3. The zero-order valence-corrected chi connectivity index (χ0v) is 14.0. The van der Waals surface area contributed by atoms with Gasteiger partial charge in [0.1, 0.15) is 5.82 Å². The van der Waals surface area contributed by atoms with Crippen LogP contribution in [0.25, 0.3) is 0 Å². The lowest BCUT2D eigenvalue weighted by molar-refractivity contribution is 0.263. The molecular formula is C16H30N4. The lowest BCUT2D eigenvalue weighted by Gasteiger charge is -2.28. The van der Waals surface area contributed by atoms with Gasteiger partial charge < -0.3 is 10.2 Å². The molecule has 1 aromatic rings. The van der Waals surface area contributed by atoms with Crippen molar-refractivity contribution in [3.63, 3.8) is 0 Å². The highest BCUT2D eigenvalue weighted by molar-refractivity contribution is 5.51.